The van der Waals surface area contributed by atoms with Gasteiger partial charge in [-0.2, -0.15) is 0 Å². The predicted molar refractivity (Wildman–Crippen MR) is 68.9 cm³/mol. The van der Waals surface area contributed by atoms with E-state index in [2.05, 4.69) is 0 Å². The lowest BCUT2D eigenvalue weighted by molar-refractivity contribution is 0.140. The molecule has 4 nitrogen and oxygen atoms in total. The van der Waals surface area contributed by atoms with Crippen LogP contribution < -0.4 is 9.92 Å². The summed E-state index contributed by atoms with van der Waals surface area (Å²) in [5, 5.41) is 0.975. The van der Waals surface area contributed by atoms with Crippen molar-refractivity contribution in [1.82, 2.24) is 0 Å². The highest BCUT2D eigenvalue weighted by atomic mass is 28.4. The Bertz CT molecular complexity index is 380. The second kappa shape index (κ2) is 5.64. The van der Waals surface area contributed by atoms with Gasteiger partial charge >= 0.3 is 8.80 Å². The van der Waals surface area contributed by atoms with Gasteiger partial charge in [0.25, 0.3) is 0 Å². The first-order chi connectivity index (χ1) is 8.04. The largest absolute Gasteiger partial charge is 0.536 e. The number of benzene rings is 1. The Morgan fingerprint density at radius 2 is 1.35 bits per heavy atom. The summed E-state index contributed by atoms with van der Waals surface area (Å²) >= 11 is 0. The molecule has 0 saturated carbocycles. The lowest BCUT2D eigenvalue weighted by Gasteiger charge is -2.26. The maximum absolute atomic E-state index is 5.49. The quantitative estimate of drug-likeness (QED) is 0.746. The Hall–Kier alpha value is -0.883. The first-order valence-electron chi connectivity index (χ1n) is 5.35. The SMILES string of the molecule is COc1cc(C)c([Si](OC)(OC)OC)cc1C. The van der Waals surface area contributed by atoms with Crippen molar-refractivity contribution in [2.24, 2.45) is 0 Å². The van der Waals surface area contributed by atoms with Crippen molar-refractivity contribution in [3.8, 4) is 5.75 Å². The van der Waals surface area contributed by atoms with Gasteiger partial charge < -0.3 is 18.0 Å². The molecule has 0 aromatic heterocycles. The van der Waals surface area contributed by atoms with Crippen molar-refractivity contribution < 1.29 is 18.0 Å². The standard InChI is InChI=1S/C12H20O4Si/c1-9-8-12(10(2)7-11(9)13-3)17(14-4,15-5)16-6/h7-8H,1-6H3. The average molecular weight is 256 g/mol. The van der Waals surface area contributed by atoms with E-state index in [1.165, 1.54) is 0 Å². The number of ether oxygens (including phenoxy) is 1. The summed E-state index contributed by atoms with van der Waals surface area (Å²) in [6.07, 6.45) is 0. The van der Waals surface area contributed by atoms with Crippen molar-refractivity contribution in [3.05, 3.63) is 23.3 Å². The van der Waals surface area contributed by atoms with Crippen molar-refractivity contribution in [3.63, 3.8) is 0 Å². The average Bonchev–Trinajstić information content (AvgIpc) is 2.35. The van der Waals surface area contributed by atoms with Crippen LogP contribution >= 0.6 is 0 Å². The molecule has 5 heteroatoms. The third-order valence-corrected chi connectivity index (χ3v) is 5.69. The molecule has 0 heterocycles. The molecule has 0 N–H and O–H groups in total. The van der Waals surface area contributed by atoms with Crippen LogP contribution in [0.1, 0.15) is 11.1 Å². The fourth-order valence-electron chi connectivity index (χ4n) is 1.92. The Kier molecular flexibility index (Phi) is 4.70. The van der Waals surface area contributed by atoms with Crippen LogP contribution in [0.2, 0.25) is 0 Å². The fourth-order valence-corrected chi connectivity index (χ4v) is 4.03. The zero-order valence-corrected chi connectivity index (χ0v) is 12.3. The minimum Gasteiger partial charge on any atom is -0.496 e. The lowest BCUT2D eigenvalue weighted by Crippen LogP contribution is -2.55. The van der Waals surface area contributed by atoms with E-state index >= 15 is 0 Å². The van der Waals surface area contributed by atoms with Gasteiger partial charge in [0.1, 0.15) is 5.75 Å². The normalized spacial score (nSPS) is 11.6. The van der Waals surface area contributed by atoms with Gasteiger partial charge in [-0.15, -0.1) is 0 Å². The van der Waals surface area contributed by atoms with Crippen LogP contribution in [0.15, 0.2) is 12.1 Å². The summed E-state index contributed by atoms with van der Waals surface area (Å²) < 4.78 is 21.7. The Balaban J connectivity index is 3.35. The molecule has 0 bridgehead atoms. The molecule has 0 spiro atoms. The van der Waals surface area contributed by atoms with Crippen LogP contribution in [0.3, 0.4) is 0 Å². The Morgan fingerprint density at radius 1 is 0.824 bits per heavy atom. The molecule has 1 aromatic carbocycles. The summed E-state index contributed by atoms with van der Waals surface area (Å²) in [5.41, 5.74) is 2.08. The van der Waals surface area contributed by atoms with Gasteiger partial charge in [-0.25, -0.2) is 0 Å². The van der Waals surface area contributed by atoms with Crippen molar-refractivity contribution >= 4 is 14.0 Å². The van der Waals surface area contributed by atoms with Gasteiger partial charge in [0, 0.05) is 26.5 Å². The molecular weight excluding hydrogens is 236 g/mol. The van der Waals surface area contributed by atoms with Crippen LogP contribution in [-0.4, -0.2) is 37.2 Å². The van der Waals surface area contributed by atoms with Crippen molar-refractivity contribution in [1.29, 1.82) is 0 Å². The molecule has 0 unspecified atom stereocenters. The molecule has 1 aromatic rings. The van der Waals surface area contributed by atoms with E-state index < -0.39 is 8.80 Å². The van der Waals surface area contributed by atoms with Gasteiger partial charge in [-0.05, 0) is 37.1 Å². The minimum atomic E-state index is -2.76. The first-order valence-corrected chi connectivity index (χ1v) is 7.08. The summed E-state index contributed by atoms with van der Waals surface area (Å²) in [6, 6.07) is 3.99. The molecule has 0 aliphatic heterocycles. The molecule has 96 valence electrons. The molecule has 1 rings (SSSR count). The molecule has 0 atom stereocenters. The zero-order chi connectivity index (χ0) is 13.1. The zero-order valence-electron chi connectivity index (χ0n) is 11.3. The number of methoxy groups -OCH3 is 1. The van der Waals surface area contributed by atoms with Crippen molar-refractivity contribution in [2.45, 2.75) is 13.8 Å². The molecular formula is C12H20O4Si. The number of aryl methyl sites for hydroxylation is 2. The van der Waals surface area contributed by atoms with Crippen LogP contribution in [0.25, 0.3) is 0 Å². The molecule has 17 heavy (non-hydrogen) atoms. The second-order valence-electron chi connectivity index (χ2n) is 3.81. The summed E-state index contributed by atoms with van der Waals surface area (Å²) in [7, 11) is 3.73. The number of hydrogen-bond donors (Lipinski definition) is 0. The number of rotatable bonds is 5. The summed E-state index contributed by atoms with van der Waals surface area (Å²) in [4.78, 5) is 0. The van der Waals surface area contributed by atoms with E-state index in [-0.39, 0.29) is 0 Å². The molecule has 0 aliphatic rings. The number of hydrogen-bond acceptors (Lipinski definition) is 4. The van der Waals surface area contributed by atoms with Crippen LogP contribution in [0.5, 0.6) is 5.75 Å². The van der Waals surface area contributed by atoms with Gasteiger partial charge in [-0.1, -0.05) is 0 Å². The third kappa shape index (κ3) is 2.52. The highest BCUT2D eigenvalue weighted by Gasteiger charge is 2.42. The van der Waals surface area contributed by atoms with Gasteiger partial charge in [0.15, 0.2) is 0 Å². The smallest absolute Gasteiger partial charge is 0.496 e. The monoisotopic (exact) mass is 256 g/mol. The van der Waals surface area contributed by atoms with Crippen molar-refractivity contribution in [2.75, 3.05) is 28.4 Å². The molecule has 0 aliphatic carbocycles. The third-order valence-electron chi connectivity index (χ3n) is 2.88. The van der Waals surface area contributed by atoms with E-state index in [1.807, 2.05) is 26.0 Å². The minimum absolute atomic E-state index is 0.859. The molecule has 0 radical (unpaired) electrons. The van der Waals surface area contributed by atoms with Crippen LogP contribution in [0.4, 0.5) is 0 Å². The summed E-state index contributed by atoms with van der Waals surface area (Å²) in [5.74, 6) is 0.859. The highest BCUT2D eigenvalue weighted by Crippen LogP contribution is 2.20. The predicted octanol–water partition coefficient (Wildman–Crippen LogP) is 1.40. The molecule has 0 amide bonds. The van der Waals surface area contributed by atoms with Crippen LogP contribution in [-0.2, 0) is 13.3 Å². The topological polar surface area (TPSA) is 36.9 Å². The van der Waals surface area contributed by atoms with Gasteiger partial charge in [0.2, 0.25) is 0 Å². The fraction of sp³-hybridized carbons (Fsp3) is 0.500. The lowest BCUT2D eigenvalue weighted by atomic mass is 10.1. The van der Waals surface area contributed by atoms with E-state index in [1.54, 1.807) is 28.4 Å². The van der Waals surface area contributed by atoms with E-state index in [9.17, 15) is 0 Å². The highest BCUT2D eigenvalue weighted by molar-refractivity contribution is 6.75. The van der Waals surface area contributed by atoms with E-state index in [4.69, 9.17) is 18.0 Å². The Morgan fingerprint density at radius 3 is 1.76 bits per heavy atom. The second-order valence-corrected chi connectivity index (χ2v) is 6.68. The summed E-state index contributed by atoms with van der Waals surface area (Å²) in [6.45, 7) is 3.98. The maximum atomic E-state index is 5.49. The molecule has 0 fully saturated rings. The first kappa shape index (κ1) is 14.2. The van der Waals surface area contributed by atoms with Gasteiger partial charge in [0.05, 0.1) is 7.11 Å². The van der Waals surface area contributed by atoms with E-state index in [0.29, 0.717) is 0 Å². The Labute approximate surface area is 104 Å². The van der Waals surface area contributed by atoms with Crippen LogP contribution in [0, 0.1) is 13.8 Å². The maximum Gasteiger partial charge on any atom is 0.536 e. The molecule has 0 saturated heterocycles. The van der Waals surface area contributed by atoms with Gasteiger partial charge in [-0.3, -0.25) is 0 Å². The van der Waals surface area contributed by atoms with E-state index in [0.717, 1.165) is 22.1 Å².